The number of likely N-dealkylation sites (N-methyl/N-ethyl adjacent to an activating group) is 1. The first kappa shape index (κ1) is 13.4. The van der Waals surface area contributed by atoms with Gasteiger partial charge in [0.25, 0.3) is 0 Å². The van der Waals surface area contributed by atoms with E-state index in [0.29, 0.717) is 0 Å². The van der Waals surface area contributed by atoms with Gasteiger partial charge in [-0.05, 0) is 25.2 Å². The van der Waals surface area contributed by atoms with Gasteiger partial charge in [-0.2, -0.15) is 0 Å². The van der Waals surface area contributed by atoms with Gasteiger partial charge in [0.2, 0.25) is 0 Å². The van der Waals surface area contributed by atoms with Crippen molar-refractivity contribution in [1.82, 2.24) is 4.90 Å². The van der Waals surface area contributed by atoms with E-state index in [-0.39, 0.29) is 0 Å². The van der Waals surface area contributed by atoms with Crippen LogP contribution in [0, 0.1) is 0 Å². The molecule has 0 atom stereocenters. The normalized spacial score (nSPS) is 11.3. The van der Waals surface area contributed by atoms with Gasteiger partial charge in [-0.3, -0.25) is 4.90 Å². The van der Waals surface area contributed by atoms with Gasteiger partial charge in [0.1, 0.15) is 11.5 Å². The monoisotopic (exact) mass is 257 g/mol. The summed E-state index contributed by atoms with van der Waals surface area (Å²) in [5.41, 5.74) is 1.09. The third kappa shape index (κ3) is 4.00. The van der Waals surface area contributed by atoms with Crippen LogP contribution in [0.15, 0.2) is 53.2 Å². The number of rotatable bonds is 6. The van der Waals surface area contributed by atoms with Crippen molar-refractivity contribution in [2.45, 2.75) is 6.54 Å². The zero-order valence-corrected chi connectivity index (χ0v) is 11.4. The molecule has 0 aliphatic carbocycles. The van der Waals surface area contributed by atoms with Crippen molar-refractivity contribution in [2.75, 3.05) is 20.7 Å². The van der Waals surface area contributed by atoms with E-state index in [1.165, 1.54) is 0 Å². The van der Waals surface area contributed by atoms with Crippen LogP contribution in [-0.4, -0.2) is 25.6 Å². The van der Waals surface area contributed by atoms with Gasteiger partial charge < -0.3 is 9.15 Å². The third-order valence-electron chi connectivity index (χ3n) is 2.86. The average molecular weight is 257 g/mol. The van der Waals surface area contributed by atoms with E-state index >= 15 is 0 Å². The number of benzene rings is 1. The summed E-state index contributed by atoms with van der Waals surface area (Å²) in [4.78, 5) is 2.19. The highest BCUT2D eigenvalue weighted by Crippen LogP contribution is 2.18. The van der Waals surface area contributed by atoms with E-state index < -0.39 is 0 Å². The Morgan fingerprint density at radius 1 is 1.21 bits per heavy atom. The topological polar surface area (TPSA) is 25.6 Å². The Kier molecular flexibility index (Phi) is 4.81. The summed E-state index contributed by atoms with van der Waals surface area (Å²) < 4.78 is 10.6. The molecule has 1 heterocycles. The molecule has 0 amide bonds. The molecule has 2 rings (SSSR count). The number of para-hydroxylation sites is 1. The second-order valence-electron chi connectivity index (χ2n) is 4.42. The molecule has 0 bridgehead atoms. The molecule has 0 saturated carbocycles. The van der Waals surface area contributed by atoms with Crippen molar-refractivity contribution in [3.8, 4) is 5.75 Å². The van der Waals surface area contributed by atoms with E-state index in [4.69, 9.17) is 9.15 Å². The van der Waals surface area contributed by atoms with Crippen molar-refractivity contribution in [3.05, 3.63) is 60.1 Å². The minimum absolute atomic E-state index is 0.809. The molecule has 1 aromatic heterocycles. The Morgan fingerprint density at radius 3 is 2.79 bits per heavy atom. The molecule has 0 fully saturated rings. The Labute approximate surface area is 114 Å². The van der Waals surface area contributed by atoms with Gasteiger partial charge in [-0.1, -0.05) is 30.4 Å². The first-order chi connectivity index (χ1) is 9.29. The highest BCUT2D eigenvalue weighted by molar-refractivity contribution is 5.57. The first-order valence-electron chi connectivity index (χ1n) is 6.30. The molecule has 0 unspecified atom stereocenters. The summed E-state index contributed by atoms with van der Waals surface area (Å²) in [6, 6.07) is 11.9. The van der Waals surface area contributed by atoms with E-state index in [9.17, 15) is 0 Å². The van der Waals surface area contributed by atoms with E-state index in [1.807, 2.05) is 36.4 Å². The van der Waals surface area contributed by atoms with Crippen molar-refractivity contribution in [3.63, 3.8) is 0 Å². The number of hydrogen-bond donors (Lipinski definition) is 0. The summed E-state index contributed by atoms with van der Waals surface area (Å²) >= 11 is 0. The number of furan rings is 1. The Hall–Kier alpha value is -2.00. The lowest BCUT2D eigenvalue weighted by molar-refractivity contribution is 0.323. The SMILES string of the molecule is COc1ccccc1/C=C/CN(C)Cc1ccco1. The molecule has 0 saturated heterocycles. The molecule has 1 aromatic carbocycles. The lowest BCUT2D eigenvalue weighted by Gasteiger charge is -2.12. The molecule has 0 aliphatic rings. The van der Waals surface area contributed by atoms with Crippen LogP contribution in [0.25, 0.3) is 6.08 Å². The van der Waals surface area contributed by atoms with Crippen LogP contribution >= 0.6 is 0 Å². The van der Waals surface area contributed by atoms with Crippen LogP contribution in [0.1, 0.15) is 11.3 Å². The minimum Gasteiger partial charge on any atom is -0.496 e. The van der Waals surface area contributed by atoms with Crippen molar-refractivity contribution in [2.24, 2.45) is 0 Å². The molecule has 19 heavy (non-hydrogen) atoms. The molecule has 2 aromatic rings. The van der Waals surface area contributed by atoms with Crippen LogP contribution in [-0.2, 0) is 6.54 Å². The fraction of sp³-hybridized carbons (Fsp3) is 0.250. The van der Waals surface area contributed by atoms with Gasteiger partial charge in [0.15, 0.2) is 0 Å². The van der Waals surface area contributed by atoms with Crippen molar-refractivity contribution >= 4 is 6.08 Å². The molecule has 3 nitrogen and oxygen atoms in total. The summed E-state index contributed by atoms with van der Waals surface area (Å²) in [5, 5.41) is 0. The average Bonchev–Trinajstić information content (AvgIpc) is 2.92. The molecule has 0 spiro atoms. The van der Waals surface area contributed by atoms with Gasteiger partial charge in [0.05, 0.1) is 19.9 Å². The number of methoxy groups -OCH3 is 1. The van der Waals surface area contributed by atoms with E-state index in [0.717, 1.165) is 30.2 Å². The Bertz CT molecular complexity index is 517. The Morgan fingerprint density at radius 2 is 2.05 bits per heavy atom. The lowest BCUT2D eigenvalue weighted by atomic mass is 10.2. The van der Waals surface area contributed by atoms with Crippen LogP contribution in [0.3, 0.4) is 0 Å². The summed E-state index contributed by atoms with van der Waals surface area (Å²) in [7, 11) is 3.75. The smallest absolute Gasteiger partial charge is 0.126 e. The lowest BCUT2D eigenvalue weighted by Crippen LogP contribution is -2.17. The molecule has 0 N–H and O–H groups in total. The fourth-order valence-corrected chi connectivity index (χ4v) is 1.90. The second kappa shape index (κ2) is 6.81. The standard InChI is InChI=1S/C16H19NO2/c1-17(13-15-9-6-12-19-15)11-5-8-14-7-3-4-10-16(14)18-2/h3-10,12H,11,13H2,1-2H3/b8-5+. The van der Waals surface area contributed by atoms with Crippen molar-refractivity contribution < 1.29 is 9.15 Å². The number of hydrogen-bond acceptors (Lipinski definition) is 3. The van der Waals surface area contributed by atoms with Crippen LogP contribution in [0.5, 0.6) is 5.75 Å². The highest BCUT2D eigenvalue weighted by atomic mass is 16.5. The summed E-state index contributed by atoms with van der Waals surface area (Å²) in [6.07, 6.45) is 5.91. The van der Waals surface area contributed by atoms with Crippen molar-refractivity contribution in [1.29, 1.82) is 0 Å². The van der Waals surface area contributed by atoms with Gasteiger partial charge in [-0.25, -0.2) is 0 Å². The maximum atomic E-state index is 5.32. The summed E-state index contributed by atoms with van der Waals surface area (Å²) in [6.45, 7) is 1.67. The molecule has 100 valence electrons. The zero-order valence-electron chi connectivity index (χ0n) is 11.4. The number of nitrogens with zero attached hydrogens (tertiary/aromatic N) is 1. The van der Waals surface area contributed by atoms with Crippen LogP contribution in [0.2, 0.25) is 0 Å². The molecule has 0 radical (unpaired) electrons. The predicted octanol–water partition coefficient (Wildman–Crippen LogP) is 3.43. The second-order valence-corrected chi connectivity index (χ2v) is 4.42. The van der Waals surface area contributed by atoms with E-state index in [1.54, 1.807) is 13.4 Å². The van der Waals surface area contributed by atoms with Gasteiger partial charge in [-0.15, -0.1) is 0 Å². The highest BCUT2D eigenvalue weighted by Gasteiger charge is 2.01. The summed E-state index contributed by atoms with van der Waals surface area (Å²) in [5.74, 6) is 1.88. The predicted molar refractivity (Wildman–Crippen MR) is 77.1 cm³/mol. The largest absolute Gasteiger partial charge is 0.496 e. The Balaban J connectivity index is 1.89. The molecule has 0 aliphatic heterocycles. The van der Waals surface area contributed by atoms with Crippen LogP contribution in [0.4, 0.5) is 0 Å². The van der Waals surface area contributed by atoms with E-state index in [2.05, 4.69) is 24.1 Å². The third-order valence-corrected chi connectivity index (χ3v) is 2.86. The zero-order chi connectivity index (χ0) is 13.5. The minimum atomic E-state index is 0.809. The van der Waals surface area contributed by atoms with Gasteiger partial charge in [0, 0.05) is 12.1 Å². The first-order valence-corrected chi connectivity index (χ1v) is 6.30. The van der Waals surface area contributed by atoms with Gasteiger partial charge >= 0.3 is 0 Å². The fourth-order valence-electron chi connectivity index (χ4n) is 1.90. The quantitative estimate of drug-likeness (QED) is 0.792. The maximum Gasteiger partial charge on any atom is 0.126 e. The molecular formula is C16H19NO2. The van der Waals surface area contributed by atoms with Crippen LogP contribution < -0.4 is 4.74 Å². The maximum absolute atomic E-state index is 5.32. The molecular weight excluding hydrogens is 238 g/mol. The molecule has 3 heteroatoms. The number of ether oxygens (including phenoxy) is 1.